The van der Waals surface area contributed by atoms with Crippen molar-refractivity contribution >= 4 is 33.1 Å². The summed E-state index contributed by atoms with van der Waals surface area (Å²) in [7, 11) is 0. The fourth-order valence-electron chi connectivity index (χ4n) is 2.35. The van der Waals surface area contributed by atoms with Gasteiger partial charge in [0.2, 0.25) is 0 Å². The molecule has 2 nitrogen and oxygen atoms in total. The summed E-state index contributed by atoms with van der Waals surface area (Å²) in [5.74, 6) is -0.252. The molecule has 0 aliphatic carbocycles. The number of aldehydes is 1. The Labute approximate surface area is 124 Å². The molecule has 0 bridgehead atoms. The van der Waals surface area contributed by atoms with E-state index in [0.717, 1.165) is 27.2 Å². The number of benzene rings is 2. The van der Waals surface area contributed by atoms with Crippen molar-refractivity contribution in [2.75, 3.05) is 0 Å². The van der Waals surface area contributed by atoms with Crippen molar-refractivity contribution in [3.8, 4) is 0 Å². The Morgan fingerprint density at radius 3 is 2.80 bits per heavy atom. The molecule has 0 radical (unpaired) electrons. The van der Waals surface area contributed by atoms with Crippen molar-refractivity contribution in [3.63, 3.8) is 0 Å². The lowest BCUT2D eigenvalue weighted by atomic mass is 10.2. The van der Waals surface area contributed by atoms with Crippen molar-refractivity contribution < 1.29 is 9.18 Å². The third-order valence-corrected chi connectivity index (χ3v) is 3.74. The summed E-state index contributed by atoms with van der Waals surface area (Å²) < 4.78 is 16.1. The number of nitrogens with zero attached hydrogens (tertiary/aromatic N) is 1. The van der Waals surface area contributed by atoms with Crippen LogP contribution in [0.1, 0.15) is 15.9 Å². The number of rotatable bonds is 3. The number of carbonyl (C=O) groups is 1. The summed E-state index contributed by atoms with van der Waals surface area (Å²) >= 11 is 3.41. The summed E-state index contributed by atoms with van der Waals surface area (Å²) in [4.78, 5) is 11.2. The van der Waals surface area contributed by atoms with Crippen LogP contribution in [0, 0.1) is 5.82 Å². The van der Waals surface area contributed by atoms with Gasteiger partial charge in [0, 0.05) is 33.7 Å². The van der Waals surface area contributed by atoms with Gasteiger partial charge in [-0.05, 0) is 35.9 Å². The van der Waals surface area contributed by atoms with Crippen LogP contribution in [0.15, 0.2) is 53.1 Å². The van der Waals surface area contributed by atoms with Crippen molar-refractivity contribution in [2.24, 2.45) is 0 Å². The zero-order chi connectivity index (χ0) is 14.1. The van der Waals surface area contributed by atoms with Gasteiger partial charge in [0.15, 0.2) is 6.29 Å². The highest BCUT2D eigenvalue weighted by atomic mass is 79.9. The van der Waals surface area contributed by atoms with Gasteiger partial charge in [-0.1, -0.05) is 28.1 Å². The Morgan fingerprint density at radius 1 is 1.20 bits per heavy atom. The summed E-state index contributed by atoms with van der Waals surface area (Å²) in [5, 5.41) is 0.894. The first-order chi connectivity index (χ1) is 9.67. The first-order valence-electron chi connectivity index (χ1n) is 6.15. The molecule has 1 aromatic heterocycles. The maximum Gasteiger partial charge on any atom is 0.152 e. The first kappa shape index (κ1) is 13.1. The summed E-state index contributed by atoms with van der Waals surface area (Å²) in [6.45, 7) is 0.531. The molecule has 100 valence electrons. The zero-order valence-electron chi connectivity index (χ0n) is 10.5. The van der Waals surface area contributed by atoms with E-state index in [1.54, 1.807) is 12.3 Å². The third-order valence-electron chi connectivity index (χ3n) is 3.24. The van der Waals surface area contributed by atoms with Crippen LogP contribution in [0.25, 0.3) is 10.9 Å². The van der Waals surface area contributed by atoms with Gasteiger partial charge in [0.1, 0.15) is 5.82 Å². The molecule has 20 heavy (non-hydrogen) atoms. The third kappa shape index (κ3) is 2.39. The van der Waals surface area contributed by atoms with Crippen LogP contribution in [-0.2, 0) is 6.54 Å². The molecule has 0 fully saturated rings. The Bertz CT molecular complexity index is 794. The summed E-state index contributed by atoms with van der Waals surface area (Å²) in [5.41, 5.74) is 2.46. The minimum absolute atomic E-state index is 0.252. The fraction of sp³-hybridized carbons (Fsp3) is 0.0625. The van der Waals surface area contributed by atoms with E-state index in [9.17, 15) is 9.18 Å². The lowest BCUT2D eigenvalue weighted by Gasteiger charge is -2.06. The second kappa shape index (κ2) is 5.21. The van der Waals surface area contributed by atoms with Gasteiger partial charge in [0.05, 0.1) is 0 Å². The maximum absolute atomic E-state index is 13.2. The summed E-state index contributed by atoms with van der Waals surface area (Å²) in [6, 6.07) is 12.3. The largest absolute Gasteiger partial charge is 0.342 e. The lowest BCUT2D eigenvalue weighted by molar-refractivity contribution is 0.112. The van der Waals surface area contributed by atoms with Crippen LogP contribution in [-0.4, -0.2) is 10.9 Å². The quantitative estimate of drug-likeness (QED) is 0.652. The van der Waals surface area contributed by atoms with Gasteiger partial charge in [-0.15, -0.1) is 0 Å². The topological polar surface area (TPSA) is 22.0 Å². The zero-order valence-corrected chi connectivity index (χ0v) is 12.1. The fourth-order valence-corrected chi connectivity index (χ4v) is 2.71. The van der Waals surface area contributed by atoms with E-state index in [1.807, 2.05) is 28.8 Å². The number of hydrogen-bond donors (Lipinski definition) is 0. The van der Waals surface area contributed by atoms with Gasteiger partial charge in [0.25, 0.3) is 0 Å². The molecule has 0 spiro atoms. The first-order valence-corrected chi connectivity index (χ1v) is 6.95. The van der Waals surface area contributed by atoms with E-state index in [2.05, 4.69) is 15.9 Å². The van der Waals surface area contributed by atoms with E-state index in [-0.39, 0.29) is 5.82 Å². The number of halogens is 2. The SMILES string of the molecule is O=Cc1cn(Cc2cccc(F)c2)c2ccc(Br)cc12. The van der Waals surface area contributed by atoms with Crippen LogP contribution in [0.2, 0.25) is 0 Å². The average Bonchev–Trinajstić information content (AvgIpc) is 2.76. The molecule has 3 aromatic rings. The highest BCUT2D eigenvalue weighted by Crippen LogP contribution is 2.25. The van der Waals surface area contributed by atoms with E-state index in [0.29, 0.717) is 12.1 Å². The van der Waals surface area contributed by atoms with Gasteiger partial charge in [-0.25, -0.2) is 4.39 Å². The van der Waals surface area contributed by atoms with Gasteiger partial charge in [-0.2, -0.15) is 0 Å². The molecule has 0 N–H and O–H groups in total. The predicted octanol–water partition coefficient (Wildman–Crippen LogP) is 4.40. The lowest BCUT2D eigenvalue weighted by Crippen LogP contribution is -1.98. The molecule has 0 saturated heterocycles. The van der Waals surface area contributed by atoms with Gasteiger partial charge in [-0.3, -0.25) is 4.79 Å². The number of carbonyl (C=O) groups excluding carboxylic acids is 1. The molecule has 2 aromatic carbocycles. The van der Waals surface area contributed by atoms with Crippen molar-refractivity contribution in [3.05, 3.63) is 70.1 Å². The smallest absolute Gasteiger partial charge is 0.152 e. The minimum atomic E-state index is -0.252. The van der Waals surface area contributed by atoms with Crippen LogP contribution >= 0.6 is 15.9 Å². The Balaban J connectivity index is 2.10. The molecule has 1 heterocycles. The number of fused-ring (bicyclic) bond motifs is 1. The van der Waals surface area contributed by atoms with Crippen LogP contribution in [0.5, 0.6) is 0 Å². The molecule has 4 heteroatoms. The van der Waals surface area contributed by atoms with Crippen molar-refractivity contribution in [2.45, 2.75) is 6.54 Å². The highest BCUT2D eigenvalue weighted by molar-refractivity contribution is 9.10. The molecular formula is C16H11BrFNO. The molecule has 0 amide bonds. The molecule has 0 aliphatic rings. The second-order valence-corrected chi connectivity index (χ2v) is 5.54. The normalized spacial score (nSPS) is 10.9. The Kier molecular flexibility index (Phi) is 3.40. The van der Waals surface area contributed by atoms with E-state index >= 15 is 0 Å². The van der Waals surface area contributed by atoms with E-state index in [1.165, 1.54) is 12.1 Å². The van der Waals surface area contributed by atoms with Crippen molar-refractivity contribution in [1.29, 1.82) is 0 Å². The highest BCUT2D eigenvalue weighted by Gasteiger charge is 2.09. The minimum Gasteiger partial charge on any atom is -0.342 e. The van der Waals surface area contributed by atoms with E-state index in [4.69, 9.17) is 0 Å². The van der Waals surface area contributed by atoms with E-state index < -0.39 is 0 Å². The standard InChI is InChI=1S/C16H11BrFNO/c17-13-4-5-16-15(7-13)12(10-20)9-19(16)8-11-2-1-3-14(18)6-11/h1-7,9-10H,8H2. The van der Waals surface area contributed by atoms with Gasteiger partial charge >= 0.3 is 0 Å². The summed E-state index contributed by atoms with van der Waals surface area (Å²) in [6.07, 6.45) is 2.64. The molecule has 0 unspecified atom stereocenters. The predicted molar refractivity (Wildman–Crippen MR) is 80.5 cm³/mol. The number of aromatic nitrogens is 1. The Morgan fingerprint density at radius 2 is 2.05 bits per heavy atom. The molecular weight excluding hydrogens is 321 g/mol. The number of hydrogen-bond acceptors (Lipinski definition) is 1. The van der Waals surface area contributed by atoms with Crippen LogP contribution in [0.3, 0.4) is 0 Å². The maximum atomic E-state index is 13.2. The van der Waals surface area contributed by atoms with Crippen molar-refractivity contribution in [1.82, 2.24) is 4.57 Å². The average molecular weight is 332 g/mol. The van der Waals surface area contributed by atoms with Crippen LogP contribution in [0.4, 0.5) is 4.39 Å². The monoisotopic (exact) mass is 331 g/mol. The Hall–Kier alpha value is -1.94. The molecule has 0 aliphatic heterocycles. The molecule has 0 atom stereocenters. The second-order valence-electron chi connectivity index (χ2n) is 4.62. The van der Waals surface area contributed by atoms with Gasteiger partial charge < -0.3 is 4.57 Å². The molecule has 3 rings (SSSR count). The molecule has 0 saturated carbocycles. The van der Waals surface area contributed by atoms with Crippen LogP contribution < -0.4 is 0 Å².